The summed E-state index contributed by atoms with van der Waals surface area (Å²) in [4.78, 5) is 11.1. The Labute approximate surface area is 149 Å². The van der Waals surface area contributed by atoms with E-state index in [1.54, 1.807) is 0 Å². The van der Waals surface area contributed by atoms with Gasteiger partial charge in [0, 0.05) is 17.2 Å². The van der Waals surface area contributed by atoms with Crippen LogP contribution in [0, 0.1) is 18.6 Å². The molecule has 0 amide bonds. The molecular formula is C18H11F5O4. The Balaban J connectivity index is 2.05. The zero-order valence-electron chi connectivity index (χ0n) is 13.6. The fourth-order valence-electron chi connectivity index (χ4n) is 2.59. The summed E-state index contributed by atoms with van der Waals surface area (Å²) in [6.45, 7) is 1.36. The minimum Gasteiger partial charge on any atom is -0.478 e. The topological polar surface area (TPSA) is 55.8 Å². The van der Waals surface area contributed by atoms with Crippen molar-refractivity contribution in [2.24, 2.45) is 0 Å². The van der Waals surface area contributed by atoms with Crippen LogP contribution in [-0.4, -0.2) is 23.4 Å². The summed E-state index contributed by atoms with van der Waals surface area (Å²) in [5.41, 5.74) is -0.789. The van der Waals surface area contributed by atoms with Crippen LogP contribution < -0.4 is 9.47 Å². The summed E-state index contributed by atoms with van der Waals surface area (Å²) < 4.78 is 76.7. The second-order valence-corrected chi connectivity index (χ2v) is 5.73. The van der Waals surface area contributed by atoms with Crippen LogP contribution in [0.3, 0.4) is 0 Å². The van der Waals surface area contributed by atoms with E-state index < -0.39 is 41.2 Å². The Morgan fingerprint density at radius 1 is 1.15 bits per heavy atom. The highest BCUT2D eigenvalue weighted by molar-refractivity contribution is 5.95. The molecule has 1 unspecified atom stereocenters. The first kappa shape index (κ1) is 18.7. The van der Waals surface area contributed by atoms with Gasteiger partial charge in [0.25, 0.3) is 0 Å². The zero-order valence-corrected chi connectivity index (χ0v) is 13.6. The van der Waals surface area contributed by atoms with Crippen LogP contribution in [0.5, 0.6) is 17.2 Å². The number of fused-ring (bicyclic) bond motifs is 1. The Morgan fingerprint density at radius 3 is 2.48 bits per heavy atom. The Kier molecular flexibility index (Phi) is 4.54. The lowest BCUT2D eigenvalue weighted by Crippen LogP contribution is -2.40. The van der Waals surface area contributed by atoms with Crippen LogP contribution in [0.25, 0.3) is 6.08 Å². The van der Waals surface area contributed by atoms with Gasteiger partial charge in [-0.25, -0.2) is 13.6 Å². The molecule has 0 aromatic heterocycles. The fourth-order valence-corrected chi connectivity index (χ4v) is 2.59. The smallest absolute Gasteiger partial charge is 0.430 e. The maximum atomic E-state index is 13.7. The van der Waals surface area contributed by atoms with E-state index in [1.165, 1.54) is 19.1 Å². The first-order valence-corrected chi connectivity index (χ1v) is 7.52. The van der Waals surface area contributed by atoms with Crippen molar-refractivity contribution in [2.45, 2.75) is 19.2 Å². The van der Waals surface area contributed by atoms with Crippen molar-refractivity contribution in [1.82, 2.24) is 0 Å². The molecule has 2 aromatic carbocycles. The van der Waals surface area contributed by atoms with Gasteiger partial charge in [0.1, 0.15) is 17.3 Å². The lowest BCUT2D eigenvalue weighted by molar-refractivity contribution is -0.187. The average Bonchev–Trinajstić information content (AvgIpc) is 2.58. The van der Waals surface area contributed by atoms with Crippen LogP contribution in [0.2, 0.25) is 0 Å². The molecule has 0 aliphatic carbocycles. The van der Waals surface area contributed by atoms with Crippen molar-refractivity contribution in [3.8, 4) is 17.2 Å². The molecule has 2 aromatic rings. The van der Waals surface area contributed by atoms with E-state index in [0.29, 0.717) is 0 Å². The van der Waals surface area contributed by atoms with Gasteiger partial charge in [-0.1, -0.05) is 0 Å². The summed E-state index contributed by atoms with van der Waals surface area (Å²) in [6, 6.07) is 5.08. The predicted molar refractivity (Wildman–Crippen MR) is 83.7 cm³/mol. The number of halogens is 5. The molecule has 142 valence electrons. The third kappa shape index (κ3) is 3.57. The Bertz CT molecular complexity index is 949. The van der Waals surface area contributed by atoms with Crippen molar-refractivity contribution < 1.29 is 41.3 Å². The van der Waals surface area contributed by atoms with E-state index in [4.69, 9.17) is 14.6 Å². The SMILES string of the molecule is Cc1c(Oc2cc(F)ccc2F)ccc2c1OC(C(F)(F)F)C(C(=O)O)=C2. The van der Waals surface area contributed by atoms with Crippen molar-refractivity contribution in [3.63, 3.8) is 0 Å². The summed E-state index contributed by atoms with van der Waals surface area (Å²) in [7, 11) is 0. The van der Waals surface area contributed by atoms with Crippen LogP contribution in [0.15, 0.2) is 35.9 Å². The summed E-state index contributed by atoms with van der Waals surface area (Å²) in [6.07, 6.45) is -6.76. The van der Waals surface area contributed by atoms with E-state index in [-0.39, 0.29) is 22.6 Å². The fraction of sp³-hybridized carbons (Fsp3) is 0.167. The van der Waals surface area contributed by atoms with Crippen LogP contribution in [0.4, 0.5) is 22.0 Å². The van der Waals surface area contributed by atoms with E-state index >= 15 is 0 Å². The molecule has 0 radical (unpaired) electrons. The number of benzene rings is 2. The molecule has 1 aliphatic heterocycles. The van der Waals surface area contributed by atoms with Gasteiger partial charge in [0.05, 0.1) is 5.57 Å². The molecule has 0 spiro atoms. The van der Waals surface area contributed by atoms with Crippen molar-refractivity contribution in [2.75, 3.05) is 0 Å². The number of hydrogen-bond donors (Lipinski definition) is 1. The summed E-state index contributed by atoms with van der Waals surface area (Å²) in [5.74, 6) is -4.16. The molecule has 1 atom stereocenters. The lowest BCUT2D eigenvalue weighted by Gasteiger charge is -2.28. The molecule has 1 N–H and O–H groups in total. The molecule has 27 heavy (non-hydrogen) atoms. The van der Waals surface area contributed by atoms with Crippen molar-refractivity contribution in [1.29, 1.82) is 0 Å². The molecule has 0 fully saturated rings. The molecule has 1 aliphatic rings. The molecule has 9 heteroatoms. The highest BCUT2D eigenvalue weighted by Gasteiger charge is 2.48. The highest BCUT2D eigenvalue weighted by Crippen LogP contribution is 2.42. The normalized spacial score (nSPS) is 16.2. The van der Waals surface area contributed by atoms with E-state index in [2.05, 4.69) is 0 Å². The van der Waals surface area contributed by atoms with Crippen LogP contribution >= 0.6 is 0 Å². The minimum atomic E-state index is -4.96. The largest absolute Gasteiger partial charge is 0.478 e. The number of aliphatic carboxylic acids is 1. The van der Waals surface area contributed by atoms with Gasteiger partial charge in [-0.3, -0.25) is 0 Å². The monoisotopic (exact) mass is 386 g/mol. The predicted octanol–water partition coefficient (Wildman–Crippen LogP) is 4.86. The molecule has 1 heterocycles. The third-order valence-corrected chi connectivity index (χ3v) is 3.87. The van der Waals surface area contributed by atoms with Crippen LogP contribution in [-0.2, 0) is 4.79 Å². The molecule has 0 saturated carbocycles. The quantitative estimate of drug-likeness (QED) is 0.766. The Hall–Kier alpha value is -3.10. The average molecular weight is 386 g/mol. The van der Waals surface area contributed by atoms with Gasteiger partial charge < -0.3 is 14.6 Å². The van der Waals surface area contributed by atoms with Gasteiger partial charge in [0.15, 0.2) is 11.6 Å². The third-order valence-electron chi connectivity index (χ3n) is 3.87. The molecule has 3 rings (SSSR count). The van der Waals surface area contributed by atoms with E-state index in [0.717, 1.165) is 24.3 Å². The number of carboxylic acids is 1. The summed E-state index contributed by atoms with van der Waals surface area (Å²) >= 11 is 0. The number of carbonyl (C=O) groups is 1. The van der Waals surface area contributed by atoms with Gasteiger partial charge in [0.2, 0.25) is 6.10 Å². The summed E-state index contributed by atoms with van der Waals surface area (Å²) in [5, 5.41) is 9.02. The molecule has 4 nitrogen and oxygen atoms in total. The van der Waals surface area contributed by atoms with Gasteiger partial charge in [-0.05, 0) is 37.3 Å². The molecule has 0 bridgehead atoms. The van der Waals surface area contributed by atoms with Gasteiger partial charge in [-0.2, -0.15) is 13.2 Å². The lowest BCUT2D eigenvalue weighted by atomic mass is 9.99. The number of rotatable bonds is 3. The second kappa shape index (κ2) is 6.57. The highest BCUT2D eigenvalue weighted by atomic mass is 19.4. The number of carboxylic acid groups (broad SMARTS) is 1. The zero-order chi connectivity index (χ0) is 19.9. The van der Waals surface area contributed by atoms with Crippen LogP contribution in [0.1, 0.15) is 11.1 Å². The second-order valence-electron chi connectivity index (χ2n) is 5.73. The first-order chi connectivity index (χ1) is 12.6. The van der Waals surface area contributed by atoms with Gasteiger partial charge in [-0.15, -0.1) is 0 Å². The minimum absolute atomic E-state index is 0.0636. The van der Waals surface area contributed by atoms with Gasteiger partial charge >= 0.3 is 12.1 Å². The standard InChI is InChI=1S/C18H11F5O4/c1-8-13(26-14-7-10(19)3-4-12(14)20)5-2-9-6-11(17(24)25)16(18(21,22)23)27-15(8)9/h2-7,16H,1H3,(H,24,25). The molecular weight excluding hydrogens is 375 g/mol. The molecule has 0 saturated heterocycles. The van der Waals surface area contributed by atoms with Crippen molar-refractivity contribution >= 4 is 12.0 Å². The maximum Gasteiger partial charge on any atom is 0.430 e. The first-order valence-electron chi connectivity index (χ1n) is 7.52. The number of ether oxygens (including phenoxy) is 2. The number of hydrogen-bond acceptors (Lipinski definition) is 3. The number of alkyl halides is 3. The van der Waals surface area contributed by atoms with E-state index in [9.17, 15) is 26.7 Å². The maximum absolute atomic E-state index is 13.7. The Morgan fingerprint density at radius 2 is 1.85 bits per heavy atom. The van der Waals surface area contributed by atoms with E-state index in [1.807, 2.05) is 0 Å². The van der Waals surface area contributed by atoms with Crippen molar-refractivity contribution in [3.05, 3.63) is 58.7 Å².